The van der Waals surface area contributed by atoms with Gasteiger partial charge in [-0.2, -0.15) is 21.6 Å². The van der Waals surface area contributed by atoms with Gasteiger partial charge in [0.2, 0.25) is 5.60 Å². The number of carbonyl (C=O) groups is 3. The largest absolute Gasteiger partial charge is 0.523 e. The van der Waals surface area contributed by atoms with Gasteiger partial charge in [-0.1, -0.05) is 33.8 Å². The number of halogens is 3. The molecule has 1 heterocycles. The molecule has 37 heavy (non-hydrogen) atoms. The summed E-state index contributed by atoms with van der Waals surface area (Å²) >= 11 is 0. The maximum absolute atomic E-state index is 14.7. The average Bonchev–Trinajstić information content (AvgIpc) is 3.03. The van der Waals surface area contributed by atoms with Gasteiger partial charge < -0.3 is 14.2 Å². The lowest BCUT2D eigenvalue weighted by Gasteiger charge is -2.47. The van der Waals surface area contributed by atoms with Crippen LogP contribution in [0.3, 0.4) is 0 Å². The van der Waals surface area contributed by atoms with E-state index in [1.807, 2.05) is 13.8 Å². The molecule has 9 nitrogen and oxygen atoms in total. The molecular formula is C24H29F3O9S. The van der Waals surface area contributed by atoms with Crippen LogP contribution in [-0.2, 0) is 38.1 Å². The van der Waals surface area contributed by atoms with Crippen LogP contribution in [0.2, 0.25) is 0 Å². The number of carbonyl (C=O) groups excluding carboxylic acids is 3. The molecule has 13 heteroatoms. The van der Waals surface area contributed by atoms with E-state index in [1.54, 1.807) is 19.9 Å². The zero-order chi connectivity index (χ0) is 27.7. The summed E-state index contributed by atoms with van der Waals surface area (Å²) in [6.45, 7) is 9.69. The van der Waals surface area contributed by atoms with Gasteiger partial charge in [0.25, 0.3) is 0 Å². The third-order valence-corrected chi connectivity index (χ3v) is 10.6. The lowest BCUT2D eigenvalue weighted by atomic mass is 9.59. The fourth-order valence-electron chi connectivity index (χ4n) is 8.07. The fraction of sp³-hybridized carbons (Fsp3) is 0.792. The Kier molecular flexibility index (Phi) is 5.35. The average molecular weight is 551 g/mol. The summed E-state index contributed by atoms with van der Waals surface area (Å²) in [6, 6.07) is 0. The Morgan fingerprint density at radius 3 is 2.38 bits per heavy atom. The highest BCUT2D eigenvalue weighted by Gasteiger charge is 2.83. The molecule has 0 radical (unpaired) electrons. The lowest BCUT2D eigenvalue weighted by molar-refractivity contribution is -0.181. The summed E-state index contributed by atoms with van der Waals surface area (Å²) in [7, 11) is -6.12. The molecule has 2 bridgehead atoms. The van der Waals surface area contributed by atoms with Gasteiger partial charge in [0.15, 0.2) is 18.0 Å². The molecule has 1 saturated heterocycles. The second-order valence-electron chi connectivity index (χ2n) is 11.7. The van der Waals surface area contributed by atoms with E-state index in [4.69, 9.17) is 18.4 Å². The molecular weight excluding hydrogens is 521 g/mol. The summed E-state index contributed by atoms with van der Waals surface area (Å²) in [5.74, 6) is -4.98. The number of rotatable bonds is 3. The molecule has 2 spiro atoms. The van der Waals surface area contributed by atoms with Crippen LogP contribution in [0.4, 0.5) is 18.0 Å². The highest BCUT2D eigenvalue weighted by molar-refractivity contribution is 7.87. The van der Waals surface area contributed by atoms with Crippen molar-refractivity contribution in [3.63, 3.8) is 0 Å². The molecule has 0 aromatic rings. The fourth-order valence-corrected chi connectivity index (χ4v) is 8.77. The molecule has 4 aliphatic carbocycles. The molecule has 0 amide bonds. The molecule has 5 rings (SSSR count). The van der Waals surface area contributed by atoms with Gasteiger partial charge in [0.05, 0.1) is 17.4 Å². The van der Waals surface area contributed by atoms with E-state index in [0.717, 1.165) is 6.92 Å². The third kappa shape index (κ3) is 3.12. The van der Waals surface area contributed by atoms with E-state index >= 15 is 0 Å². The van der Waals surface area contributed by atoms with Crippen molar-refractivity contribution in [3.8, 4) is 0 Å². The number of ether oxygens (including phenoxy) is 3. The van der Waals surface area contributed by atoms with Crippen LogP contribution in [-0.4, -0.2) is 55.7 Å². The Hall–Kier alpha value is -2.15. The first-order chi connectivity index (χ1) is 16.8. The summed E-state index contributed by atoms with van der Waals surface area (Å²) in [5, 5.41) is 0. The molecule has 0 N–H and O–H groups in total. The van der Waals surface area contributed by atoms with Crippen LogP contribution in [0.1, 0.15) is 48.0 Å². The first kappa shape index (κ1) is 26.5. The van der Waals surface area contributed by atoms with Gasteiger partial charge in [0.1, 0.15) is 0 Å². The van der Waals surface area contributed by atoms with Crippen LogP contribution >= 0.6 is 0 Å². The molecule has 0 aromatic heterocycles. The smallest absolute Gasteiger partial charge is 0.454 e. The summed E-state index contributed by atoms with van der Waals surface area (Å²) in [5.41, 5.74) is -9.35. The van der Waals surface area contributed by atoms with E-state index < -0.39 is 91.9 Å². The number of ketones is 1. The molecule has 5 aliphatic rings. The highest BCUT2D eigenvalue weighted by atomic mass is 32.2. The van der Waals surface area contributed by atoms with Gasteiger partial charge in [-0.3, -0.25) is 13.8 Å². The first-order valence-corrected chi connectivity index (χ1v) is 13.6. The number of Topliss-reactive ketones (excluding diaryl/α,β-unsaturated/α-hetero) is 1. The lowest BCUT2D eigenvalue weighted by Crippen LogP contribution is -2.65. The maximum atomic E-state index is 14.7. The Balaban J connectivity index is 1.79. The monoisotopic (exact) mass is 550 g/mol. The zero-order valence-corrected chi connectivity index (χ0v) is 21.9. The van der Waals surface area contributed by atoms with Gasteiger partial charge in [0, 0.05) is 12.8 Å². The standard InChI is InChI=1S/C24H29F3O9S/c1-9-8-22-10(2)7-13-15(21(13,5)6)14(17(22)29)16(36-37(31,32)24(25,26)27)11(3)19-23(22,35-20(30)34-19)18(9)33-12(4)28/h8,10-11,13-16,18-19H,7H2,1-6H3/t10-,11+,13-,14-,15-,16-,18+,19?,22+,23?/m1/s1. The second-order valence-corrected chi connectivity index (χ2v) is 13.3. The highest BCUT2D eigenvalue weighted by Crippen LogP contribution is 2.74. The Morgan fingerprint density at radius 1 is 1.19 bits per heavy atom. The van der Waals surface area contributed by atoms with E-state index in [9.17, 15) is 36.0 Å². The minimum absolute atomic E-state index is 0.129. The third-order valence-electron chi connectivity index (χ3n) is 9.58. The number of hydrogen-bond donors (Lipinski definition) is 0. The van der Waals surface area contributed by atoms with Crippen LogP contribution < -0.4 is 0 Å². The van der Waals surface area contributed by atoms with Crippen molar-refractivity contribution < 1.29 is 54.4 Å². The Bertz CT molecular complexity index is 1220. The predicted molar refractivity (Wildman–Crippen MR) is 118 cm³/mol. The molecule has 3 saturated carbocycles. The van der Waals surface area contributed by atoms with Crippen molar-refractivity contribution in [1.29, 1.82) is 0 Å². The van der Waals surface area contributed by atoms with E-state index in [0.29, 0.717) is 12.0 Å². The molecule has 10 atom stereocenters. The van der Waals surface area contributed by atoms with Crippen LogP contribution in [0.25, 0.3) is 0 Å². The molecule has 2 unspecified atom stereocenters. The minimum atomic E-state index is -6.12. The van der Waals surface area contributed by atoms with Crippen LogP contribution in [0, 0.1) is 40.4 Å². The normalized spacial score (nSPS) is 45.8. The predicted octanol–water partition coefficient (Wildman–Crippen LogP) is 3.52. The van der Waals surface area contributed by atoms with Gasteiger partial charge >= 0.3 is 27.8 Å². The maximum Gasteiger partial charge on any atom is 0.523 e. The van der Waals surface area contributed by atoms with Crippen molar-refractivity contribution in [3.05, 3.63) is 11.6 Å². The van der Waals surface area contributed by atoms with E-state index in [1.165, 1.54) is 6.92 Å². The summed E-state index contributed by atoms with van der Waals surface area (Å²) < 4.78 is 86.7. The topological polar surface area (TPSA) is 122 Å². The zero-order valence-electron chi connectivity index (χ0n) is 21.1. The van der Waals surface area contributed by atoms with Gasteiger partial charge in [-0.05, 0) is 42.1 Å². The van der Waals surface area contributed by atoms with E-state index in [-0.39, 0.29) is 5.92 Å². The van der Waals surface area contributed by atoms with Crippen LogP contribution in [0.5, 0.6) is 0 Å². The number of fused-ring (bicyclic) bond motifs is 3. The second kappa shape index (κ2) is 7.49. The van der Waals surface area contributed by atoms with Crippen LogP contribution in [0.15, 0.2) is 11.6 Å². The Morgan fingerprint density at radius 2 is 1.81 bits per heavy atom. The summed E-state index contributed by atoms with van der Waals surface area (Å²) in [4.78, 5) is 39.5. The number of alkyl halides is 3. The first-order valence-electron chi connectivity index (χ1n) is 12.1. The quantitative estimate of drug-likeness (QED) is 0.225. The van der Waals surface area contributed by atoms with Gasteiger partial charge in [-0.15, -0.1) is 0 Å². The molecule has 206 valence electrons. The van der Waals surface area contributed by atoms with Gasteiger partial charge in [-0.25, -0.2) is 4.79 Å². The number of hydrogen-bond acceptors (Lipinski definition) is 9. The van der Waals surface area contributed by atoms with Crippen molar-refractivity contribution in [2.75, 3.05) is 0 Å². The van der Waals surface area contributed by atoms with Crippen molar-refractivity contribution in [1.82, 2.24) is 0 Å². The molecule has 0 aromatic carbocycles. The van der Waals surface area contributed by atoms with Crippen molar-refractivity contribution in [2.24, 2.45) is 40.4 Å². The Labute approximate surface area is 212 Å². The molecule has 1 aliphatic heterocycles. The van der Waals surface area contributed by atoms with Crippen molar-refractivity contribution >= 4 is 28.0 Å². The van der Waals surface area contributed by atoms with E-state index in [2.05, 4.69) is 0 Å². The molecule has 4 fully saturated rings. The van der Waals surface area contributed by atoms with Crippen molar-refractivity contribution in [2.45, 2.75) is 77.4 Å². The number of esters is 1. The minimum Gasteiger partial charge on any atom is -0.454 e. The SMILES string of the molecule is CC(=O)O[C@H]1C(C)=C[C@]23C(=O)[C@@H]([C@H](OS(=O)(=O)C(F)(F)F)[C@H](C)C4OC(=O)OC412)[C@H]1[C@@H](C[C@H]3C)C1(C)C. The summed E-state index contributed by atoms with van der Waals surface area (Å²) in [6.07, 6.45) is -3.68.